The van der Waals surface area contributed by atoms with Gasteiger partial charge in [0.25, 0.3) is 0 Å². The summed E-state index contributed by atoms with van der Waals surface area (Å²) >= 11 is 1.53. The molecule has 13 heavy (non-hydrogen) atoms. The van der Waals surface area contributed by atoms with Gasteiger partial charge in [-0.2, -0.15) is 5.26 Å². The molecule has 2 nitrogen and oxygen atoms in total. The standard InChI is InChI=1S/C10H12N2S/c1-2-8(7-11)13-10-6-4-3-5-9(10)12/h3-6,8H,2,12H2,1H3. The Morgan fingerprint density at radius 3 is 2.77 bits per heavy atom. The first-order chi connectivity index (χ1) is 6.27. The van der Waals surface area contributed by atoms with Crippen molar-refractivity contribution in [3.05, 3.63) is 24.3 Å². The van der Waals surface area contributed by atoms with E-state index in [9.17, 15) is 0 Å². The lowest BCUT2D eigenvalue weighted by atomic mass is 10.3. The maximum atomic E-state index is 8.77. The van der Waals surface area contributed by atoms with Crippen LogP contribution in [0.15, 0.2) is 29.2 Å². The van der Waals surface area contributed by atoms with Crippen LogP contribution in [0.25, 0.3) is 0 Å². The van der Waals surface area contributed by atoms with E-state index in [1.165, 1.54) is 11.8 Å². The zero-order valence-corrected chi connectivity index (χ0v) is 8.34. The van der Waals surface area contributed by atoms with E-state index in [0.717, 1.165) is 17.0 Å². The third-order valence-electron chi connectivity index (χ3n) is 1.70. The van der Waals surface area contributed by atoms with Crippen LogP contribution in [-0.2, 0) is 0 Å². The van der Waals surface area contributed by atoms with Gasteiger partial charge in [-0.1, -0.05) is 19.1 Å². The van der Waals surface area contributed by atoms with Gasteiger partial charge < -0.3 is 5.73 Å². The van der Waals surface area contributed by atoms with Crippen molar-refractivity contribution in [1.82, 2.24) is 0 Å². The van der Waals surface area contributed by atoms with Crippen LogP contribution >= 0.6 is 11.8 Å². The largest absolute Gasteiger partial charge is 0.398 e. The van der Waals surface area contributed by atoms with Crippen molar-refractivity contribution in [3.63, 3.8) is 0 Å². The number of hydrogen-bond donors (Lipinski definition) is 1. The molecule has 0 aliphatic carbocycles. The molecular weight excluding hydrogens is 180 g/mol. The molecule has 0 heterocycles. The fourth-order valence-electron chi connectivity index (χ4n) is 0.942. The van der Waals surface area contributed by atoms with Crippen LogP contribution in [0, 0.1) is 11.3 Å². The Bertz CT molecular complexity index is 317. The van der Waals surface area contributed by atoms with Gasteiger partial charge in [-0.25, -0.2) is 0 Å². The maximum absolute atomic E-state index is 8.77. The number of nitrogens with two attached hydrogens (primary N) is 1. The van der Waals surface area contributed by atoms with Crippen molar-refractivity contribution in [3.8, 4) is 6.07 Å². The van der Waals surface area contributed by atoms with E-state index in [1.807, 2.05) is 31.2 Å². The van der Waals surface area contributed by atoms with Gasteiger partial charge in [0.15, 0.2) is 0 Å². The van der Waals surface area contributed by atoms with Gasteiger partial charge in [-0.15, -0.1) is 11.8 Å². The van der Waals surface area contributed by atoms with Gasteiger partial charge in [-0.3, -0.25) is 0 Å². The molecule has 0 aliphatic heterocycles. The Hall–Kier alpha value is -1.14. The first-order valence-electron chi connectivity index (χ1n) is 4.18. The van der Waals surface area contributed by atoms with Crippen molar-refractivity contribution in [2.75, 3.05) is 5.73 Å². The highest BCUT2D eigenvalue weighted by Gasteiger charge is 2.07. The van der Waals surface area contributed by atoms with Crippen molar-refractivity contribution in [2.45, 2.75) is 23.5 Å². The highest BCUT2D eigenvalue weighted by molar-refractivity contribution is 8.00. The molecule has 1 rings (SSSR count). The first kappa shape index (κ1) is 9.94. The second-order valence-electron chi connectivity index (χ2n) is 2.68. The number of hydrogen-bond acceptors (Lipinski definition) is 3. The molecule has 2 N–H and O–H groups in total. The highest BCUT2D eigenvalue weighted by atomic mass is 32.2. The average Bonchev–Trinajstić information content (AvgIpc) is 2.17. The molecule has 1 unspecified atom stereocenters. The summed E-state index contributed by atoms with van der Waals surface area (Å²) < 4.78 is 0. The van der Waals surface area contributed by atoms with Gasteiger partial charge in [-0.05, 0) is 18.6 Å². The number of benzene rings is 1. The predicted molar refractivity (Wildman–Crippen MR) is 56.4 cm³/mol. The van der Waals surface area contributed by atoms with Crippen LogP contribution in [0.3, 0.4) is 0 Å². The van der Waals surface area contributed by atoms with Gasteiger partial charge in [0, 0.05) is 10.6 Å². The Balaban J connectivity index is 2.74. The van der Waals surface area contributed by atoms with Crippen molar-refractivity contribution < 1.29 is 0 Å². The Morgan fingerprint density at radius 2 is 2.23 bits per heavy atom. The van der Waals surface area contributed by atoms with E-state index >= 15 is 0 Å². The number of nitrogens with zero attached hydrogens (tertiary/aromatic N) is 1. The first-order valence-corrected chi connectivity index (χ1v) is 5.06. The molecule has 0 radical (unpaired) electrons. The Kier molecular flexibility index (Phi) is 3.66. The quantitative estimate of drug-likeness (QED) is 0.591. The molecule has 68 valence electrons. The predicted octanol–water partition coefficient (Wildman–Crippen LogP) is 2.66. The monoisotopic (exact) mass is 192 g/mol. The van der Waals surface area contributed by atoms with Crippen LogP contribution < -0.4 is 5.73 Å². The molecule has 0 spiro atoms. The lowest BCUT2D eigenvalue weighted by Gasteiger charge is -2.07. The minimum Gasteiger partial charge on any atom is -0.398 e. The summed E-state index contributed by atoms with van der Waals surface area (Å²) in [6, 6.07) is 9.86. The van der Waals surface area contributed by atoms with Gasteiger partial charge in [0.05, 0.1) is 11.3 Å². The highest BCUT2D eigenvalue weighted by Crippen LogP contribution is 2.29. The second-order valence-corrected chi connectivity index (χ2v) is 3.93. The molecule has 1 atom stereocenters. The van der Waals surface area contributed by atoms with Crippen molar-refractivity contribution in [1.29, 1.82) is 5.26 Å². The molecule has 0 fully saturated rings. The van der Waals surface area contributed by atoms with Gasteiger partial charge in [0.2, 0.25) is 0 Å². The average molecular weight is 192 g/mol. The smallest absolute Gasteiger partial charge is 0.0961 e. The SMILES string of the molecule is CCC(C#N)Sc1ccccc1N. The van der Waals surface area contributed by atoms with E-state index in [0.29, 0.717) is 0 Å². The fraction of sp³-hybridized carbons (Fsp3) is 0.300. The summed E-state index contributed by atoms with van der Waals surface area (Å²) in [5.74, 6) is 0. The molecule has 0 amide bonds. The minimum absolute atomic E-state index is 0.00435. The minimum atomic E-state index is 0.00435. The van der Waals surface area contributed by atoms with Gasteiger partial charge in [0.1, 0.15) is 0 Å². The summed E-state index contributed by atoms with van der Waals surface area (Å²) in [4.78, 5) is 0.996. The van der Waals surface area contributed by atoms with Crippen LogP contribution in [0.5, 0.6) is 0 Å². The van der Waals surface area contributed by atoms with Gasteiger partial charge >= 0.3 is 0 Å². The topological polar surface area (TPSA) is 49.8 Å². The lowest BCUT2D eigenvalue weighted by Crippen LogP contribution is -1.97. The molecule has 3 heteroatoms. The fourth-order valence-corrected chi connectivity index (χ4v) is 1.83. The van der Waals surface area contributed by atoms with Crippen molar-refractivity contribution >= 4 is 17.4 Å². The number of thioether (sulfide) groups is 1. The van der Waals surface area contributed by atoms with E-state index in [-0.39, 0.29) is 5.25 Å². The number of nitriles is 1. The summed E-state index contributed by atoms with van der Waals surface area (Å²) in [5.41, 5.74) is 6.50. The Labute approximate surface area is 82.7 Å². The molecule has 0 saturated carbocycles. The molecule has 1 aromatic carbocycles. The maximum Gasteiger partial charge on any atom is 0.0961 e. The van der Waals surface area contributed by atoms with E-state index < -0.39 is 0 Å². The number of para-hydroxylation sites is 1. The molecule has 0 aliphatic rings. The van der Waals surface area contributed by atoms with Crippen LogP contribution in [0.4, 0.5) is 5.69 Å². The summed E-state index contributed by atoms with van der Waals surface area (Å²) in [5, 5.41) is 8.77. The lowest BCUT2D eigenvalue weighted by molar-refractivity contribution is 0.985. The number of anilines is 1. The van der Waals surface area contributed by atoms with E-state index in [4.69, 9.17) is 11.0 Å². The van der Waals surface area contributed by atoms with E-state index in [2.05, 4.69) is 6.07 Å². The summed E-state index contributed by atoms with van der Waals surface area (Å²) in [6.07, 6.45) is 0.843. The van der Waals surface area contributed by atoms with E-state index in [1.54, 1.807) is 0 Å². The summed E-state index contributed by atoms with van der Waals surface area (Å²) in [6.45, 7) is 2.00. The third-order valence-corrected chi connectivity index (χ3v) is 3.05. The molecule has 0 saturated heterocycles. The zero-order chi connectivity index (χ0) is 9.68. The second kappa shape index (κ2) is 4.78. The third kappa shape index (κ3) is 2.67. The number of rotatable bonds is 3. The zero-order valence-electron chi connectivity index (χ0n) is 7.53. The van der Waals surface area contributed by atoms with Crippen molar-refractivity contribution in [2.24, 2.45) is 0 Å². The van der Waals surface area contributed by atoms with Crippen LogP contribution in [-0.4, -0.2) is 5.25 Å². The summed E-state index contributed by atoms with van der Waals surface area (Å²) in [7, 11) is 0. The normalized spacial score (nSPS) is 12.0. The van der Waals surface area contributed by atoms with Crippen LogP contribution in [0.2, 0.25) is 0 Å². The van der Waals surface area contributed by atoms with Crippen LogP contribution in [0.1, 0.15) is 13.3 Å². The Morgan fingerprint density at radius 1 is 1.54 bits per heavy atom. The molecular formula is C10H12N2S. The molecule has 1 aromatic rings. The number of nitrogen functional groups attached to an aromatic ring is 1. The molecule has 0 aromatic heterocycles. The molecule has 0 bridgehead atoms.